The average Bonchev–Trinajstić information content (AvgIpc) is 2.79. The van der Waals surface area contributed by atoms with E-state index in [4.69, 9.17) is 16.6 Å². The van der Waals surface area contributed by atoms with Gasteiger partial charge in [0.15, 0.2) is 0 Å². The fourth-order valence-corrected chi connectivity index (χ4v) is 4.10. The number of phenols is 1. The van der Waals surface area contributed by atoms with Crippen LogP contribution in [0.15, 0.2) is 76.2 Å². The Bertz CT molecular complexity index is 1110. The second-order valence-electron chi connectivity index (χ2n) is 6.93. The third kappa shape index (κ3) is 4.07. The molecule has 0 radical (unpaired) electrons. The van der Waals surface area contributed by atoms with Gasteiger partial charge in [0, 0.05) is 34.1 Å². The Morgan fingerprint density at radius 3 is 2.59 bits per heavy atom. The van der Waals surface area contributed by atoms with Crippen molar-refractivity contribution >= 4 is 44.8 Å². The van der Waals surface area contributed by atoms with Crippen LogP contribution < -0.4 is 4.90 Å². The number of benzene rings is 3. The predicted molar refractivity (Wildman–Crippen MR) is 120 cm³/mol. The summed E-state index contributed by atoms with van der Waals surface area (Å²) in [6.45, 7) is 0. The van der Waals surface area contributed by atoms with Crippen molar-refractivity contribution in [3.63, 3.8) is 0 Å². The largest absolute Gasteiger partial charge is 0.508 e. The molecule has 1 heterocycles. The number of hydrogen-bond acceptors (Lipinski definition) is 3. The number of rotatable bonds is 3. The molecule has 1 aliphatic rings. The molecule has 0 spiro atoms. The first-order valence-corrected chi connectivity index (χ1v) is 10.3. The summed E-state index contributed by atoms with van der Waals surface area (Å²) in [6.07, 6.45) is 0.478. The molecule has 1 N–H and O–H groups in total. The predicted octanol–water partition coefficient (Wildman–Crippen LogP) is 5.23. The summed E-state index contributed by atoms with van der Waals surface area (Å²) in [4.78, 5) is 19.8. The smallest absolute Gasteiger partial charge is 0.251 e. The number of aromatic hydroxyl groups is 1. The maximum atomic E-state index is 13.2. The molecular weight excluding hydrogens is 452 g/mol. The van der Waals surface area contributed by atoms with Crippen LogP contribution in [0.3, 0.4) is 0 Å². The zero-order valence-corrected chi connectivity index (χ0v) is 18.0. The van der Waals surface area contributed by atoms with Gasteiger partial charge in [-0.05, 0) is 60.2 Å². The summed E-state index contributed by atoms with van der Waals surface area (Å²) in [7, 11) is 1.76. The Morgan fingerprint density at radius 2 is 1.86 bits per heavy atom. The molecule has 0 saturated carbocycles. The fourth-order valence-electron chi connectivity index (χ4n) is 3.48. The number of carbonyl (C=O) groups is 1. The van der Waals surface area contributed by atoms with Crippen molar-refractivity contribution in [2.24, 2.45) is 4.99 Å². The van der Waals surface area contributed by atoms with Crippen LogP contribution in [-0.4, -0.2) is 29.8 Å². The molecular formula is C23H18BrClN2O2. The Hall–Kier alpha value is -2.63. The SMILES string of the molecule is CN1C(=O)C(Cc2cccc(Br)c2)N=C(c2ccc(O)cc2)c2cc(Cl)ccc21. The molecule has 3 aromatic rings. The Balaban J connectivity index is 1.86. The molecule has 29 heavy (non-hydrogen) atoms. The quantitative estimate of drug-likeness (QED) is 0.571. The van der Waals surface area contributed by atoms with Crippen molar-refractivity contribution in [1.82, 2.24) is 0 Å². The van der Waals surface area contributed by atoms with Crippen LogP contribution in [0.1, 0.15) is 16.7 Å². The van der Waals surface area contributed by atoms with E-state index in [-0.39, 0.29) is 11.7 Å². The average molecular weight is 470 g/mol. The van der Waals surface area contributed by atoms with E-state index in [2.05, 4.69) is 15.9 Å². The van der Waals surface area contributed by atoms with E-state index in [1.165, 1.54) is 0 Å². The van der Waals surface area contributed by atoms with Crippen LogP contribution in [-0.2, 0) is 11.2 Å². The first-order valence-electron chi connectivity index (χ1n) is 9.11. The molecule has 3 aromatic carbocycles. The summed E-state index contributed by atoms with van der Waals surface area (Å²) in [6, 6.07) is 19.6. The van der Waals surface area contributed by atoms with Crippen LogP contribution in [0, 0.1) is 0 Å². The number of hydrogen-bond donors (Lipinski definition) is 1. The Morgan fingerprint density at radius 1 is 1.10 bits per heavy atom. The number of nitrogens with zero attached hydrogens (tertiary/aromatic N) is 2. The zero-order chi connectivity index (χ0) is 20.5. The van der Waals surface area contributed by atoms with Gasteiger partial charge < -0.3 is 10.0 Å². The molecule has 1 unspecified atom stereocenters. The van der Waals surface area contributed by atoms with Crippen molar-refractivity contribution in [3.8, 4) is 5.75 Å². The molecule has 0 aliphatic carbocycles. The number of aliphatic imine (C=N–C) groups is 1. The van der Waals surface area contributed by atoms with E-state index in [0.717, 1.165) is 26.9 Å². The van der Waals surface area contributed by atoms with Gasteiger partial charge in [-0.1, -0.05) is 39.7 Å². The molecule has 4 nitrogen and oxygen atoms in total. The number of carbonyl (C=O) groups excluding carboxylic acids is 1. The number of phenolic OH excluding ortho intramolecular Hbond substituents is 1. The normalized spacial score (nSPS) is 16.2. The summed E-state index contributed by atoms with van der Waals surface area (Å²) in [5, 5.41) is 10.2. The molecule has 0 bridgehead atoms. The molecule has 1 aliphatic heterocycles. The topological polar surface area (TPSA) is 52.9 Å². The number of likely N-dealkylation sites (N-methyl/N-ethyl adjacent to an activating group) is 1. The summed E-state index contributed by atoms with van der Waals surface area (Å²) in [5.41, 5.74) is 4.05. The monoisotopic (exact) mass is 468 g/mol. The van der Waals surface area contributed by atoms with Gasteiger partial charge in [0.2, 0.25) is 0 Å². The first kappa shape index (κ1) is 19.7. The van der Waals surface area contributed by atoms with E-state index in [9.17, 15) is 9.90 Å². The maximum absolute atomic E-state index is 13.2. The van der Waals surface area contributed by atoms with Gasteiger partial charge in [0.05, 0.1) is 11.4 Å². The van der Waals surface area contributed by atoms with Gasteiger partial charge >= 0.3 is 0 Å². The second-order valence-corrected chi connectivity index (χ2v) is 8.29. The summed E-state index contributed by atoms with van der Waals surface area (Å²) >= 11 is 9.76. The Labute approximate surface area is 182 Å². The van der Waals surface area contributed by atoms with Crippen molar-refractivity contribution in [1.29, 1.82) is 0 Å². The molecule has 0 aromatic heterocycles. The molecule has 146 valence electrons. The summed E-state index contributed by atoms with van der Waals surface area (Å²) < 4.78 is 0.960. The fraction of sp³-hybridized carbons (Fsp3) is 0.130. The van der Waals surface area contributed by atoms with Crippen LogP contribution in [0.2, 0.25) is 5.02 Å². The number of fused-ring (bicyclic) bond motifs is 1. The highest BCUT2D eigenvalue weighted by Crippen LogP contribution is 2.31. The van der Waals surface area contributed by atoms with Crippen molar-refractivity contribution in [2.45, 2.75) is 12.5 Å². The lowest BCUT2D eigenvalue weighted by Crippen LogP contribution is -2.36. The highest BCUT2D eigenvalue weighted by atomic mass is 79.9. The van der Waals surface area contributed by atoms with E-state index in [0.29, 0.717) is 17.2 Å². The zero-order valence-electron chi connectivity index (χ0n) is 15.6. The highest BCUT2D eigenvalue weighted by molar-refractivity contribution is 9.10. The van der Waals surface area contributed by atoms with Gasteiger partial charge in [0.25, 0.3) is 5.91 Å². The van der Waals surface area contributed by atoms with Gasteiger partial charge in [-0.3, -0.25) is 9.79 Å². The van der Waals surface area contributed by atoms with Gasteiger partial charge in [0.1, 0.15) is 11.8 Å². The molecule has 1 amide bonds. The lowest BCUT2D eigenvalue weighted by atomic mass is 10.00. The minimum atomic E-state index is -0.579. The third-order valence-corrected chi connectivity index (χ3v) is 5.66. The third-order valence-electron chi connectivity index (χ3n) is 4.93. The van der Waals surface area contributed by atoms with Crippen LogP contribution in [0.25, 0.3) is 0 Å². The van der Waals surface area contributed by atoms with Gasteiger partial charge in [-0.2, -0.15) is 0 Å². The summed E-state index contributed by atoms with van der Waals surface area (Å²) in [5.74, 6) is 0.0931. The maximum Gasteiger partial charge on any atom is 0.251 e. The molecule has 0 fully saturated rings. The minimum absolute atomic E-state index is 0.0812. The lowest BCUT2D eigenvalue weighted by Gasteiger charge is -2.20. The number of anilines is 1. The standard InChI is InChI=1S/C23H18BrClN2O2/c1-27-21-10-7-17(25)13-19(21)22(15-5-8-18(28)9-6-15)26-20(23(27)29)12-14-3-2-4-16(24)11-14/h2-11,13,20,28H,12H2,1H3. The number of benzodiazepines with no additional fused rings is 1. The number of halogens is 2. The van der Waals surface area contributed by atoms with Gasteiger partial charge in [-0.15, -0.1) is 0 Å². The molecule has 0 saturated heterocycles. The first-order chi connectivity index (χ1) is 13.9. The second kappa shape index (κ2) is 8.01. The van der Waals surface area contributed by atoms with Crippen LogP contribution in [0.5, 0.6) is 5.75 Å². The highest BCUT2D eigenvalue weighted by Gasteiger charge is 2.30. The van der Waals surface area contributed by atoms with Crippen molar-refractivity contribution in [2.75, 3.05) is 11.9 Å². The minimum Gasteiger partial charge on any atom is -0.508 e. The van der Waals surface area contributed by atoms with E-state index >= 15 is 0 Å². The number of amides is 1. The van der Waals surface area contributed by atoms with E-state index < -0.39 is 6.04 Å². The van der Waals surface area contributed by atoms with Gasteiger partial charge in [-0.25, -0.2) is 0 Å². The molecule has 6 heteroatoms. The Kier molecular flexibility index (Phi) is 5.43. The van der Waals surface area contributed by atoms with Crippen LogP contribution in [0.4, 0.5) is 5.69 Å². The van der Waals surface area contributed by atoms with Crippen molar-refractivity contribution in [3.05, 3.63) is 92.9 Å². The molecule has 1 atom stereocenters. The van der Waals surface area contributed by atoms with Crippen LogP contribution >= 0.6 is 27.5 Å². The van der Waals surface area contributed by atoms with Crippen molar-refractivity contribution < 1.29 is 9.90 Å². The lowest BCUT2D eigenvalue weighted by molar-refractivity contribution is -0.119. The van der Waals surface area contributed by atoms with E-state index in [1.54, 1.807) is 42.3 Å². The molecule has 4 rings (SSSR count). The van der Waals surface area contributed by atoms with E-state index in [1.807, 2.05) is 36.4 Å².